The molecule has 1 aromatic carbocycles. The molecule has 3 fully saturated rings. The van der Waals surface area contributed by atoms with Gasteiger partial charge in [-0.3, -0.25) is 4.79 Å². The minimum Gasteiger partial charge on any atom is -0.304 e. The predicted octanol–water partition coefficient (Wildman–Crippen LogP) is 17.9. The second-order valence-electron chi connectivity index (χ2n) is 21.5. The molecule has 9 atom stereocenters. The molecule has 371 valence electrons. The number of fused-ring (bicyclic) bond motifs is 3. The van der Waals surface area contributed by atoms with Crippen molar-refractivity contribution < 1.29 is 14.4 Å². The fourth-order valence-electron chi connectivity index (χ4n) is 15.7. The quantitative estimate of drug-likeness (QED) is 0.0382. The van der Waals surface area contributed by atoms with E-state index in [2.05, 4.69) is 120 Å². The third-order valence-corrected chi connectivity index (χ3v) is 18.3. The van der Waals surface area contributed by atoms with E-state index in [4.69, 9.17) is 4.79 Å². The summed E-state index contributed by atoms with van der Waals surface area (Å²) in [5.41, 5.74) is 8.96. The number of ketones is 1. The molecule has 3 aliphatic rings. The highest BCUT2D eigenvalue weighted by Gasteiger charge is 2.60. The number of allylic oxidation sites excluding steroid dienone is 5. The number of hydrogen-bond acceptors (Lipinski definition) is 3. The highest BCUT2D eigenvalue weighted by Crippen LogP contribution is 2.69. The van der Waals surface area contributed by atoms with Crippen LogP contribution in [0.4, 0.5) is 0 Å². The molecule has 1 aromatic rings. The second kappa shape index (κ2) is 28.7. The van der Waals surface area contributed by atoms with Crippen LogP contribution in [0.25, 0.3) is 0 Å². The summed E-state index contributed by atoms with van der Waals surface area (Å²) in [6.45, 7) is 42.2. The van der Waals surface area contributed by atoms with Gasteiger partial charge in [-0.15, -0.1) is 6.58 Å². The van der Waals surface area contributed by atoms with E-state index in [1.807, 2.05) is 19.9 Å². The van der Waals surface area contributed by atoms with E-state index in [-0.39, 0.29) is 27.5 Å². The van der Waals surface area contributed by atoms with Gasteiger partial charge in [0.1, 0.15) is 25.6 Å². The van der Waals surface area contributed by atoms with Crippen molar-refractivity contribution in [3.8, 4) is 0 Å². The SMILES string of the molecule is C=C/C=C1/CCC2C(CCC3([B]C)C(C(=O)CCCCCCCC(=C)Cc4ccc(C)c(C(CC)(CCC)C(CCC=O)(C(C)C)C(C)CC=C)c4C)CCC23)C1(C)CCC.CC.CC=O. The van der Waals surface area contributed by atoms with Gasteiger partial charge in [0.2, 0.25) is 0 Å². The molecule has 0 aromatic heterocycles. The molecular weight excluding hydrogens is 803 g/mol. The highest BCUT2D eigenvalue weighted by atomic mass is 16.1. The lowest BCUT2D eigenvalue weighted by molar-refractivity contribution is -0.125. The number of aldehydes is 2. The summed E-state index contributed by atoms with van der Waals surface area (Å²) in [6.07, 6.45) is 32.4. The van der Waals surface area contributed by atoms with Gasteiger partial charge in [0, 0.05) is 24.2 Å². The van der Waals surface area contributed by atoms with Crippen LogP contribution in [-0.2, 0) is 26.2 Å². The monoisotopic (exact) mass is 906 g/mol. The topological polar surface area (TPSA) is 51.2 Å². The zero-order valence-electron chi connectivity index (χ0n) is 45.5. The predicted molar refractivity (Wildman–Crippen MR) is 290 cm³/mol. The van der Waals surface area contributed by atoms with Crippen LogP contribution in [0.2, 0.25) is 12.1 Å². The summed E-state index contributed by atoms with van der Waals surface area (Å²) >= 11 is 0. The maximum absolute atomic E-state index is 14.1. The first-order chi connectivity index (χ1) is 31.6. The van der Waals surface area contributed by atoms with E-state index in [0.717, 1.165) is 95.0 Å². The smallest absolute Gasteiger partial charge is 0.135 e. The number of carbonyl (C=O) groups is 3. The molecule has 0 heterocycles. The molecule has 0 saturated heterocycles. The average molecular weight is 906 g/mol. The largest absolute Gasteiger partial charge is 0.304 e. The Balaban J connectivity index is 0.00000287. The Labute approximate surface area is 410 Å². The second-order valence-corrected chi connectivity index (χ2v) is 21.5. The first-order valence-electron chi connectivity index (χ1n) is 27.5. The Morgan fingerprint density at radius 3 is 2.12 bits per heavy atom. The lowest BCUT2D eigenvalue weighted by atomic mass is 9.37. The molecule has 0 spiro atoms. The van der Waals surface area contributed by atoms with Crippen molar-refractivity contribution in [3.05, 3.63) is 83.5 Å². The molecule has 0 aliphatic heterocycles. The minimum absolute atomic E-state index is 0.0305. The lowest BCUT2D eigenvalue weighted by Crippen LogP contribution is -2.53. The summed E-state index contributed by atoms with van der Waals surface area (Å²) in [5, 5.41) is 0.119. The number of unbranched alkanes of at least 4 members (excludes halogenated alkanes) is 4. The van der Waals surface area contributed by atoms with Gasteiger partial charge in [-0.25, -0.2) is 0 Å². The molecule has 3 aliphatic carbocycles. The highest BCUT2D eigenvalue weighted by molar-refractivity contribution is 6.39. The third kappa shape index (κ3) is 12.7. The molecule has 4 heteroatoms. The minimum atomic E-state index is -0.0398. The number of hydrogen-bond donors (Lipinski definition) is 0. The number of benzene rings is 1. The average Bonchev–Trinajstić information content (AvgIpc) is 3.69. The Morgan fingerprint density at radius 1 is 0.909 bits per heavy atom. The van der Waals surface area contributed by atoms with Gasteiger partial charge in [0.15, 0.2) is 0 Å². The van der Waals surface area contributed by atoms with Gasteiger partial charge in [-0.05, 0) is 179 Å². The van der Waals surface area contributed by atoms with Crippen molar-refractivity contribution >= 4 is 25.6 Å². The normalized spacial score (nSPS) is 26.2. The van der Waals surface area contributed by atoms with Crippen LogP contribution >= 0.6 is 0 Å². The maximum atomic E-state index is 14.1. The van der Waals surface area contributed by atoms with Crippen molar-refractivity contribution in [1.82, 2.24) is 0 Å². The van der Waals surface area contributed by atoms with Gasteiger partial charge >= 0.3 is 0 Å². The van der Waals surface area contributed by atoms with E-state index in [0.29, 0.717) is 30.0 Å². The Kier molecular flexibility index (Phi) is 25.8. The van der Waals surface area contributed by atoms with Crippen molar-refractivity contribution in [2.45, 2.75) is 242 Å². The van der Waals surface area contributed by atoms with Crippen molar-refractivity contribution in [2.24, 2.45) is 46.3 Å². The Morgan fingerprint density at radius 2 is 1.56 bits per heavy atom. The van der Waals surface area contributed by atoms with Crippen molar-refractivity contribution in [2.75, 3.05) is 0 Å². The van der Waals surface area contributed by atoms with E-state index in [1.54, 1.807) is 5.57 Å². The van der Waals surface area contributed by atoms with Crippen LogP contribution < -0.4 is 0 Å². The summed E-state index contributed by atoms with van der Waals surface area (Å²) in [5.74, 6) is 3.79. The van der Waals surface area contributed by atoms with Gasteiger partial charge in [0.25, 0.3) is 0 Å². The lowest BCUT2D eigenvalue weighted by Gasteiger charge is -2.58. The maximum Gasteiger partial charge on any atom is 0.135 e. The molecule has 1 radical (unpaired) electrons. The zero-order chi connectivity index (χ0) is 49.7. The number of rotatable bonds is 27. The number of Topliss-reactive ketones (excluding diaryl/α,β-unsaturated/α-hetero) is 1. The standard InChI is InChI=1S/C58H92BO2.C2H4O.C2H6/c1-14-25-45(10)57(42(6)7,38-24-40-60)56(18-5,37-17-4)54-44(9)29-30-47(46(54)11)41-43(8)27-22-20-19-21-23-28-53(61)52-34-33-51-49-32-31-48(26-15-2)55(12,36-16-3)50(49)35-39-58(51,52)59-13;1-2-3;1-2/h14-15,26,29-30,40,42,45,49-52H,1-2,8,16-25,27-28,31-39,41H2,3-7,9-13H3;2H,1H3;1-2H3/b48-26-;;. The third-order valence-electron chi connectivity index (χ3n) is 18.3. The van der Waals surface area contributed by atoms with Crippen LogP contribution in [0.1, 0.15) is 226 Å². The van der Waals surface area contributed by atoms with Crippen LogP contribution in [0.3, 0.4) is 0 Å². The number of aryl methyl sites for hydroxylation is 1. The number of carbonyl (C=O) groups excluding carboxylic acids is 3. The van der Waals surface area contributed by atoms with Crippen LogP contribution in [0, 0.1) is 60.2 Å². The summed E-state index contributed by atoms with van der Waals surface area (Å²) < 4.78 is 0. The molecule has 4 rings (SSSR count). The molecule has 0 N–H and O–H groups in total. The zero-order valence-corrected chi connectivity index (χ0v) is 45.5. The molecule has 9 unspecified atom stereocenters. The van der Waals surface area contributed by atoms with Crippen LogP contribution in [-0.4, -0.2) is 25.6 Å². The van der Waals surface area contributed by atoms with E-state index in [1.165, 1.54) is 99.0 Å². The first-order valence-corrected chi connectivity index (χ1v) is 27.5. The van der Waals surface area contributed by atoms with E-state index < -0.39 is 0 Å². The molecule has 66 heavy (non-hydrogen) atoms. The van der Waals surface area contributed by atoms with E-state index in [9.17, 15) is 9.59 Å². The van der Waals surface area contributed by atoms with Crippen molar-refractivity contribution in [1.29, 1.82) is 0 Å². The molecule has 3 saturated carbocycles. The first kappa shape index (κ1) is 59.4. The fourth-order valence-corrected chi connectivity index (χ4v) is 15.7. The van der Waals surface area contributed by atoms with Crippen LogP contribution in [0.5, 0.6) is 0 Å². The molecule has 0 amide bonds. The summed E-state index contributed by atoms with van der Waals surface area (Å²) in [4.78, 5) is 34.9. The molecular formula is C62H102BO3. The van der Waals surface area contributed by atoms with Crippen LogP contribution in [0.15, 0.2) is 61.2 Å². The molecule has 0 bridgehead atoms. The summed E-state index contributed by atoms with van der Waals surface area (Å²) in [6, 6.07) is 4.75. The summed E-state index contributed by atoms with van der Waals surface area (Å²) in [7, 11) is 2.52. The van der Waals surface area contributed by atoms with Crippen molar-refractivity contribution in [3.63, 3.8) is 0 Å². The fraction of sp³-hybridized carbons (Fsp3) is 0.726. The Hall–Kier alpha value is -2.75. The van der Waals surface area contributed by atoms with Gasteiger partial charge < -0.3 is 9.59 Å². The van der Waals surface area contributed by atoms with Gasteiger partial charge in [-0.1, -0.05) is 162 Å². The molecule has 3 nitrogen and oxygen atoms in total. The van der Waals surface area contributed by atoms with Gasteiger partial charge in [-0.2, -0.15) is 0 Å². The Bertz CT molecular complexity index is 1720. The van der Waals surface area contributed by atoms with E-state index >= 15 is 0 Å². The van der Waals surface area contributed by atoms with Gasteiger partial charge in [0.05, 0.1) is 0 Å².